The number of para-hydroxylation sites is 1. The second-order valence-corrected chi connectivity index (χ2v) is 7.11. The third kappa shape index (κ3) is 3.56. The highest BCUT2D eigenvalue weighted by molar-refractivity contribution is 6.30. The quantitative estimate of drug-likeness (QED) is 0.559. The molecular weight excluding hydrogens is 358 g/mol. The maximum absolute atomic E-state index is 11.7. The number of rotatable bonds is 3. The highest BCUT2D eigenvalue weighted by atomic mass is 35.5. The van der Waals surface area contributed by atoms with Crippen LogP contribution in [0.5, 0.6) is 0 Å². The molecule has 3 aromatic rings. The van der Waals surface area contributed by atoms with E-state index in [4.69, 9.17) is 16.3 Å². The zero-order valence-corrected chi connectivity index (χ0v) is 15.9. The van der Waals surface area contributed by atoms with Gasteiger partial charge in [-0.3, -0.25) is 0 Å². The van der Waals surface area contributed by atoms with E-state index in [1.807, 2.05) is 36.4 Å². The van der Waals surface area contributed by atoms with Crippen LogP contribution in [0.1, 0.15) is 27.0 Å². The van der Waals surface area contributed by atoms with Gasteiger partial charge in [-0.2, -0.15) is 0 Å². The van der Waals surface area contributed by atoms with Crippen LogP contribution in [0.3, 0.4) is 0 Å². The number of benzene rings is 3. The summed E-state index contributed by atoms with van der Waals surface area (Å²) in [5.74, 6) is -0.321. The Hall–Kier alpha value is -2.78. The van der Waals surface area contributed by atoms with E-state index in [2.05, 4.69) is 35.2 Å². The number of anilines is 2. The molecule has 4 rings (SSSR count). The van der Waals surface area contributed by atoms with E-state index in [-0.39, 0.29) is 5.97 Å². The SMILES string of the molecule is COC(=O)c1ccc(CN2c3ccccc3CCc3ccc(Cl)cc32)cc1. The van der Waals surface area contributed by atoms with E-state index >= 15 is 0 Å². The molecule has 0 saturated heterocycles. The van der Waals surface area contributed by atoms with E-state index in [1.54, 1.807) is 0 Å². The number of carbonyl (C=O) groups excluding carboxylic acids is 1. The summed E-state index contributed by atoms with van der Waals surface area (Å²) in [6.07, 6.45) is 1.99. The van der Waals surface area contributed by atoms with Crippen LogP contribution < -0.4 is 4.90 Å². The van der Waals surface area contributed by atoms with Crippen molar-refractivity contribution in [1.82, 2.24) is 0 Å². The number of carbonyl (C=O) groups is 1. The number of nitrogens with zero attached hydrogens (tertiary/aromatic N) is 1. The first-order chi connectivity index (χ1) is 13.2. The van der Waals surface area contributed by atoms with Gasteiger partial charge in [0.05, 0.1) is 12.7 Å². The molecule has 0 unspecified atom stereocenters. The molecule has 0 radical (unpaired) electrons. The van der Waals surface area contributed by atoms with Crippen LogP contribution in [0.15, 0.2) is 66.7 Å². The Balaban J connectivity index is 1.75. The van der Waals surface area contributed by atoms with Crippen LogP contribution in [0.2, 0.25) is 5.02 Å². The molecule has 3 nitrogen and oxygen atoms in total. The molecule has 0 spiro atoms. The second kappa shape index (κ2) is 7.45. The molecule has 0 amide bonds. The molecule has 4 heteroatoms. The van der Waals surface area contributed by atoms with Crippen molar-refractivity contribution >= 4 is 28.9 Å². The number of methoxy groups -OCH3 is 1. The van der Waals surface area contributed by atoms with Crippen molar-refractivity contribution in [2.75, 3.05) is 12.0 Å². The smallest absolute Gasteiger partial charge is 0.337 e. The topological polar surface area (TPSA) is 29.5 Å². The largest absolute Gasteiger partial charge is 0.465 e. The Bertz CT molecular complexity index is 982. The summed E-state index contributed by atoms with van der Waals surface area (Å²) in [4.78, 5) is 14.0. The molecule has 0 fully saturated rings. The van der Waals surface area contributed by atoms with Crippen LogP contribution in [-0.4, -0.2) is 13.1 Å². The van der Waals surface area contributed by atoms with Gasteiger partial charge in [-0.1, -0.05) is 48.0 Å². The predicted octanol–water partition coefficient (Wildman–Crippen LogP) is 5.56. The van der Waals surface area contributed by atoms with Gasteiger partial charge in [0.1, 0.15) is 0 Å². The van der Waals surface area contributed by atoms with Crippen LogP contribution in [0.4, 0.5) is 11.4 Å². The van der Waals surface area contributed by atoms with Crippen molar-refractivity contribution in [3.63, 3.8) is 0 Å². The Labute approximate surface area is 164 Å². The van der Waals surface area contributed by atoms with E-state index in [9.17, 15) is 4.79 Å². The van der Waals surface area contributed by atoms with Gasteiger partial charge < -0.3 is 9.64 Å². The summed E-state index contributed by atoms with van der Waals surface area (Å²) >= 11 is 6.32. The van der Waals surface area contributed by atoms with Crippen LogP contribution in [0.25, 0.3) is 0 Å². The van der Waals surface area contributed by atoms with E-state index < -0.39 is 0 Å². The summed E-state index contributed by atoms with van der Waals surface area (Å²) in [5.41, 5.74) is 6.64. The van der Waals surface area contributed by atoms with Crippen LogP contribution in [-0.2, 0) is 24.1 Å². The van der Waals surface area contributed by atoms with Crippen LogP contribution >= 0.6 is 11.6 Å². The van der Waals surface area contributed by atoms with Gasteiger partial charge in [0.15, 0.2) is 0 Å². The van der Waals surface area contributed by atoms with Crippen molar-refractivity contribution in [3.05, 3.63) is 94.0 Å². The van der Waals surface area contributed by atoms with Gasteiger partial charge in [-0.05, 0) is 59.9 Å². The normalized spacial score (nSPS) is 12.7. The molecule has 1 aliphatic rings. The summed E-state index contributed by atoms with van der Waals surface area (Å²) < 4.78 is 4.78. The summed E-state index contributed by atoms with van der Waals surface area (Å²) in [6, 6.07) is 22.2. The van der Waals surface area contributed by atoms with Crippen molar-refractivity contribution in [3.8, 4) is 0 Å². The number of halogens is 1. The Morgan fingerprint density at radius 1 is 0.963 bits per heavy atom. The van der Waals surface area contributed by atoms with Crippen molar-refractivity contribution in [2.24, 2.45) is 0 Å². The Morgan fingerprint density at radius 3 is 2.41 bits per heavy atom. The van der Waals surface area contributed by atoms with Gasteiger partial charge in [0, 0.05) is 22.9 Å². The third-order valence-corrected chi connectivity index (χ3v) is 5.24. The summed E-state index contributed by atoms with van der Waals surface area (Å²) in [6.45, 7) is 0.700. The average Bonchev–Trinajstić information content (AvgIpc) is 2.85. The maximum Gasteiger partial charge on any atom is 0.337 e. The molecule has 3 aromatic carbocycles. The zero-order valence-electron chi connectivity index (χ0n) is 15.1. The minimum atomic E-state index is -0.321. The first-order valence-corrected chi connectivity index (χ1v) is 9.34. The van der Waals surface area contributed by atoms with Crippen LogP contribution in [0, 0.1) is 0 Å². The summed E-state index contributed by atoms with van der Waals surface area (Å²) in [5, 5.41) is 0.735. The van der Waals surface area contributed by atoms with Gasteiger partial charge in [0.2, 0.25) is 0 Å². The van der Waals surface area contributed by atoms with E-state index in [0.717, 1.165) is 29.1 Å². The standard InChI is InChI=1S/C23H20ClNO2/c1-27-23(26)19-8-6-16(7-9-19)15-25-21-5-3-2-4-17(21)10-11-18-12-13-20(24)14-22(18)25/h2-9,12-14H,10-11,15H2,1H3. The maximum atomic E-state index is 11.7. The molecule has 0 bridgehead atoms. The van der Waals surface area contributed by atoms with Crippen molar-refractivity contribution < 1.29 is 9.53 Å². The molecule has 0 N–H and O–H groups in total. The van der Waals surface area contributed by atoms with Gasteiger partial charge in [-0.25, -0.2) is 4.79 Å². The Morgan fingerprint density at radius 2 is 1.67 bits per heavy atom. The molecule has 1 aliphatic heterocycles. The number of aryl methyl sites for hydroxylation is 2. The van der Waals surface area contributed by atoms with Crippen molar-refractivity contribution in [2.45, 2.75) is 19.4 Å². The number of hydrogen-bond donors (Lipinski definition) is 0. The fraction of sp³-hybridized carbons (Fsp3) is 0.174. The van der Waals surface area contributed by atoms with Crippen molar-refractivity contribution in [1.29, 1.82) is 0 Å². The first-order valence-electron chi connectivity index (χ1n) is 8.97. The molecule has 27 heavy (non-hydrogen) atoms. The lowest BCUT2D eigenvalue weighted by Gasteiger charge is -2.27. The predicted molar refractivity (Wildman–Crippen MR) is 109 cm³/mol. The lowest BCUT2D eigenvalue weighted by Crippen LogP contribution is -2.18. The molecule has 0 aromatic heterocycles. The number of esters is 1. The van der Waals surface area contributed by atoms with E-state index in [0.29, 0.717) is 12.1 Å². The zero-order chi connectivity index (χ0) is 18.8. The average molecular weight is 378 g/mol. The number of ether oxygens (including phenoxy) is 1. The fourth-order valence-electron chi connectivity index (χ4n) is 3.60. The molecule has 1 heterocycles. The highest BCUT2D eigenvalue weighted by Crippen LogP contribution is 2.38. The lowest BCUT2D eigenvalue weighted by molar-refractivity contribution is 0.0600. The van der Waals surface area contributed by atoms with Gasteiger partial charge in [-0.15, -0.1) is 0 Å². The minimum absolute atomic E-state index is 0.321. The molecule has 136 valence electrons. The fourth-order valence-corrected chi connectivity index (χ4v) is 3.77. The molecule has 0 aliphatic carbocycles. The lowest BCUT2D eigenvalue weighted by atomic mass is 10.0. The second-order valence-electron chi connectivity index (χ2n) is 6.68. The summed E-state index contributed by atoms with van der Waals surface area (Å²) in [7, 11) is 1.39. The molecule has 0 atom stereocenters. The molecular formula is C23H20ClNO2. The van der Waals surface area contributed by atoms with Gasteiger partial charge in [0.25, 0.3) is 0 Å². The van der Waals surface area contributed by atoms with Gasteiger partial charge >= 0.3 is 5.97 Å². The number of fused-ring (bicyclic) bond motifs is 2. The first kappa shape index (κ1) is 17.6. The number of hydrogen-bond acceptors (Lipinski definition) is 3. The highest BCUT2D eigenvalue weighted by Gasteiger charge is 2.21. The monoisotopic (exact) mass is 377 g/mol. The third-order valence-electron chi connectivity index (χ3n) is 5.00. The van der Waals surface area contributed by atoms with E-state index in [1.165, 1.54) is 23.9 Å². The molecule has 0 saturated carbocycles. The Kier molecular flexibility index (Phi) is 4.87. The minimum Gasteiger partial charge on any atom is -0.465 e.